The largest absolute Gasteiger partial charge is 0.343 e. The van der Waals surface area contributed by atoms with Gasteiger partial charge in [-0.15, -0.1) is 0 Å². The number of hydrogen-bond donors (Lipinski definition) is 1. The summed E-state index contributed by atoms with van der Waals surface area (Å²) >= 11 is 0. The average molecular weight is 259 g/mol. The van der Waals surface area contributed by atoms with Gasteiger partial charge in [0.2, 0.25) is 5.79 Å². The second-order valence-electron chi connectivity index (χ2n) is 6.01. The van der Waals surface area contributed by atoms with E-state index in [4.69, 9.17) is 29.4 Å². The van der Waals surface area contributed by atoms with Crippen molar-refractivity contribution in [3.05, 3.63) is 0 Å². The fraction of sp³-hybridized carbons (Fsp3) is 1.00. The van der Waals surface area contributed by atoms with Gasteiger partial charge in [-0.3, -0.25) is 0 Å². The normalized spacial score (nSPS) is 48.8. The van der Waals surface area contributed by atoms with E-state index in [2.05, 4.69) is 0 Å². The molecule has 3 saturated heterocycles. The van der Waals surface area contributed by atoms with E-state index in [0.29, 0.717) is 6.61 Å². The minimum atomic E-state index is -0.922. The fourth-order valence-electron chi connectivity index (χ4n) is 3.01. The van der Waals surface area contributed by atoms with Gasteiger partial charge in [0, 0.05) is 0 Å². The van der Waals surface area contributed by atoms with Crippen molar-refractivity contribution in [1.29, 1.82) is 0 Å². The van der Waals surface area contributed by atoms with Crippen LogP contribution in [0.15, 0.2) is 0 Å². The monoisotopic (exact) mass is 259 g/mol. The van der Waals surface area contributed by atoms with Gasteiger partial charge >= 0.3 is 0 Å². The highest BCUT2D eigenvalue weighted by Gasteiger charge is 2.64. The molecule has 3 heterocycles. The summed E-state index contributed by atoms with van der Waals surface area (Å²) < 4.78 is 29.3. The van der Waals surface area contributed by atoms with Crippen molar-refractivity contribution in [1.82, 2.24) is 0 Å². The molecule has 0 aromatic heterocycles. The van der Waals surface area contributed by atoms with Gasteiger partial charge in [0.1, 0.15) is 18.3 Å². The molecule has 18 heavy (non-hydrogen) atoms. The maximum Gasteiger partial charge on any atom is 0.213 e. The first kappa shape index (κ1) is 12.8. The van der Waals surface area contributed by atoms with E-state index in [0.717, 1.165) is 0 Å². The van der Waals surface area contributed by atoms with Crippen LogP contribution in [0.25, 0.3) is 0 Å². The number of rotatable bonds is 1. The van der Waals surface area contributed by atoms with E-state index in [1.165, 1.54) is 0 Å². The first-order valence-electron chi connectivity index (χ1n) is 6.35. The molecule has 2 N–H and O–H groups in total. The van der Waals surface area contributed by atoms with Crippen LogP contribution in [0.2, 0.25) is 0 Å². The molecule has 6 nitrogen and oxygen atoms in total. The Morgan fingerprint density at radius 1 is 1.06 bits per heavy atom. The molecular weight excluding hydrogens is 238 g/mol. The van der Waals surface area contributed by atoms with E-state index in [-0.39, 0.29) is 24.9 Å². The van der Waals surface area contributed by atoms with Crippen LogP contribution in [0, 0.1) is 0 Å². The van der Waals surface area contributed by atoms with Gasteiger partial charge in [0.05, 0.1) is 13.2 Å². The maximum absolute atomic E-state index is 5.92. The van der Waals surface area contributed by atoms with Crippen LogP contribution in [0.5, 0.6) is 0 Å². The van der Waals surface area contributed by atoms with Gasteiger partial charge in [0.25, 0.3) is 0 Å². The zero-order valence-electron chi connectivity index (χ0n) is 11.3. The molecule has 0 saturated carbocycles. The SMILES string of the molecule is CC1(C)O[C@@H]2[C@H](CO[C@]3(CN)OC(C)(C)O[C@H]23)O1. The quantitative estimate of drug-likeness (QED) is 0.732. The first-order valence-corrected chi connectivity index (χ1v) is 6.35. The summed E-state index contributed by atoms with van der Waals surface area (Å²) in [5.41, 5.74) is 5.82. The maximum atomic E-state index is 5.92. The summed E-state index contributed by atoms with van der Waals surface area (Å²) in [7, 11) is 0. The molecule has 3 fully saturated rings. The van der Waals surface area contributed by atoms with Crippen molar-refractivity contribution in [2.45, 2.75) is 63.4 Å². The summed E-state index contributed by atoms with van der Waals surface area (Å²) in [6.45, 7) is 8.10. The van der Waals surface area contributed by atoms with Crippen LogP contribution in [-0.4, -0.2) is 48.8 Å². The molecule has 0 amide bonds. The minimum absolute atomic E-state index is 0.137. The summed E-state index contributed by atoms with van der Waals surface area (Å²) in [6, 6.07) is 0. The van der Waals surface area contributed by atoms with Crippen LogP contribution >= 0.6 is 0 Å². The molecule has 3 aliphatic rings. The Kier molecular flexibility index (Phi) is 2.59. The first-order chi connectivity index (χ1) is 8.27. The van der Waals surface area contributed by atoms with E-state index in [1.807, 2.05) is 27.7 Å². The molecule has 0 aromatic rings. The molecule has 0 bridgehead atoms. The molecule has 0 spiro atoms. The highest BCUT2D eigenvalue weighted by Crippen LogP contribution is 2.46. The predicted molar refractivity (Wildman–Crippen MR) is 61.6 cm³/mol. The Morgan fingerprint density at radius 3 is 2.44 bits per heavy atom. The predicted octanol–water partition coefficient (Wildman–Crippen LogP) is 0.343. The number of fused-ring (bicyclic) bond motifs is 3. The summed E-state index contributed by atoms with van der Waals surface area (Å²) in [5.74, 6) is -2.27. The van der Waals surface area contributed by atoms with Crippen molar-refractivity contribution in [3.63, 3.8) is 0 Å². The highest BCUT2D eigenvalue weighted by molar-refractivity contribution is 5.03. The van der Waals surface area contributed by atoms with E-state index in [9.17, 15) is 0 Å². The third-order valence-electron chi connectivity index (χ3n) is 3.56. The smallest absolute Gasteiger partial charge is 0.213 e. The van der Waals surface area contributed by atoms with Gasteiger partial charge in [0.15, 0.2) is 11.6 Å². The molecule has 0 unspecified atom stereocenters. The second-order valence-corrected chi connectivity index (χ2v) is 6.01. The third-order valence-corrected chi connectivity index (χ3v) is 3.56. The summed E-state index contributed by atoms with van der Waals surface area (Å²) in [4.78, 5) is 0. The molecular formula is C12H21NO5. The zero-order chi connectivity index (χ0) is 13.2. The molecule has 3 aliphatic heterocycles. The summed E-state index contributed by atoms with van der Waals surface area (Å²) in [5, 5.41) is 0. The van der Waals surface area contributed by atoms with Crippen molar-refractivity contribution >= 4 is 0 Å². The molecule has 0 aromatic carbocycles. The molecule has 0 aliphatic carbocycles. The second kappa shape index (κ2) is 3.65. The molecule has 3 rings (SSSR count). The van der Waals surface area contributed by atoms with Crippen molar-refractivity contribution < 1.29 is 23.7 Å². The van der Waals surface area contributed by atoms with Gasteiger partial charge in [-0.2, -0.15) is 0 Å². The molecule has 104 valence electrons. The topological polar surface area (TPSA) is 72.2 Å². The summed E-state index contributed by atoms with van der Waals surface area (Å²) in [6.07, 6.45) is -0.709. The van der Waals surface area contributed by atoms with Crippen LogP contribution in [0.4, 0.5) is 0 Å². The van der Waals surface area contributed by atoms with Gasteiger partial charge in [-0.05, 0) is 27.7 Å². The Bertz CT molecular complexity index is 358. The van der Waals surface area contributed by atoms with Gasteiger partial charge in [-0.1, -0.05) is 0 Å². The van der Waals surface area contributed by atoms with E-state index in [1.54, 1.807) is 0 Å². The number of ether oxygens (including phenoxy) is 5. The average Bonchev–Trinajstić information content (AvgIpc) is 2.70. The fourth-order valence-corrected chi connectivity index (χ4v) is 3.01. The minimum Gasteiger partial charge on any atom is -0.343 e. The number of nitrogens with two attached hydrogens (primary N) is 1. The molecule has 4 atom stereocenters. The van der Waals surface area contributed by atoms with Gasteiger partial charge < -0.3 is 29.4 Å². The molecule has 0 radical (unpaired) electrons. The van der Waals surface area contributed by atoms with E-state index < -0.39 is 17.4 Å². The van der Waals surface area contributed by atoms with Crippen LogP contribution in [-0.2, 0) is 23.7 Å². The lowest BCUT2D eigenvalue weighted by Crippen LogP contribution is -2.61. The highest BCUT2D eigenvalue weighted by atomic mass is 16.9. The van der Waals surface area contributed by atoms with Crippen molar-refractivity contribution in [3.8, 4) is 0 Å². The van der Waals surface area contributed by atoms with E-state index >= 15 is 0 Å². The lowest BCUT2D eigenvalue weighted by Gasteiger charge is -2.39. The lowest BCUT2D eigenvalue weighted by molar-refractivity contribution is -0.274. The van der Waals surface area contributed by atoms with Crippen molar-refractivity contribution in [2.75, 3.05) is 13.2 Å². The van der Waals surface area contributed by atoms with Crippen molar-refractivity contribution in [2.24, 2.45) is 5.73 Å². The Labute approximate surface area is 107 Å². The Balaban J connectivity index is 1.90. The lowest BCUT2D eigenvalue weighted by atomic mass is 9.97. The Hall–Kier alpha value is -0.240. The van der Waals surface area contributed by atoms with Crippen LogP contribution in [0.3, 0.4) is 0 Å². The van der Waals surface area contributed by atoms with Crippen LogP contribution < -0.4 is 5.73 Å². The third kappa shape index (κ3) is 1.79. The standard InChI is InChI=1S/C12H21NO5/c1-10(2)15-7-5-14-12(6-13)9(8(7)16-10)17-11(3,4)18-12/h7-9H,5-6,13H2,1-4H3/t7-,8+,9+,12+/m0/s1. The van der Waals surface area contributed by atoms with Gasteiger partial charge in [-0.25, -0.2) is 0 Å². The zero-order valence-corrected chi connectivity index (χ0v) is 11.3. The Morgan fingerprint density at radius 2 is 1.78 bits per heavy atom. The van der Waals surface area contributed by atoms with Crippen LogP contribution in [0.1, 0.15) is 27.7 Å². The number of hydrogen-bond acceptors (Lipinski definition) is 6. The molecule has 6 heteroatoms.